The number of rotatable bonds is 4. The standard InChI is InChI=1S/C20H21F2.Re/c21-19-8-4-7-18(20(19)22)17-13-11-16(12-14-17)10-9-15-5-2-1-3-6-15;/h4,7,11-15H,1-3,5-6,9-10H2;/q-1;. The Bertz CT molecular complexity index is 616. The fourth-order valence-electron chi connectivity index (χ4n) is 3.37. The maximum Gasteiger partial charge on any atom is 0.0511 e. The average molecular weight is 486 g/mol. The summed E-state index contributed by atoms with van der Waals surface area (Å²) in [6, 6.07) is 13.1. The van der Waals surface area contributed by atoms with E-state index in [1.54, 1.807) is 6.07 Å². The summed E-state index contributed by atoms with van der Waals surface area (Å²) < 4.78 is 27.0. The predicted octanol–water partition coefficient (Wildman–Crippen LogP) is 5.94. The third kappa shape index (κ3) is 4.72. The molecule has 3 heteroatoms. The summed E-state index contributed by atoms with van der Waals surface area (Å²) in [7, 11) is 0. The summed E-state index contributed by atoms with van der Waals surface area (Å²) >= 11 is 0. The van der Waals surface area contributed by atoms with Crippen LogP contribution in [0.5, 0.6) is 0 Å². The minimum absolute atomic E-state index is 0. The molecule has 0 nitrogen and oxygen atoms in total. The van der Waals surface area contributed by atoms with Crippen LogP contribution < -0.4 is 0 Å². The average Bonchev–Trinajstić information content (AvgIpc) is 2.57. The molecule has 0 atom stereocenters. The second-order valence-corrected chi connectivity index (χ2v) is 6.26. The van der Waals surface area contributed by atoms with Gasteiger partial charge in [0.15, 0.2) is 0 Å². The Balaban J connectivity index is 0.00000192. The monoisotopic (exact) mass is 486 g/mol. The first-order valence-corrected chi connectivity index (χ1v) is 8.19. The molecule has 1 saturated carbocycles. The SMILES string of the molecule is Fc1[c-]ccc(-c2ccc(CCC3CCCCC3)cc2)c1F.[Re]. The summed E-state index contributed by atoms with van der Waals surface area (Å²) in [6.07, 6.45) is 9.18. The minimum atomic E-state index is -0.918. The van der Waals surface area contributed by atoms with Gasteiger partial charge in [-0.3, -0.25) is 4.39 Å². The van der Waals surface area contributed by atoms with E-state index in [1.807, 2.05) is 24.3 Å². The smallest absolute Gasteiger partial charge is 0.0511 e. The van der Waals surface area contributed by atoms with Gasteiger partial charge >= 0.3 is 0 Å². The molecule has 2 aromatic rings. The molecule has 2 aromatic carbocycles. The normalized spacial score (nSPS) is 15.2. The van der Waals surface area contributed by atoms with Crippen LogP contribution in [0.15, 0.2) is 36.4 Å². The van der Waals surface area contributed by atoms with E-state index in [0.717, 1.165) is 12.3 Å². The molecule has 0 unspecified atom stereocenters. The fraction of sp³-hybridized carbons (Fsp3) is 0.400. The van der Waals surface area contributed by atoms with Gasteiger partial charge in [-0.25, -0.2) is 4.39 Å². The van der Waals surface area contributed by atoms with Crippen LogP contribution in [0, 0.1) is 23.6 Å². The van der Waals surface area contributed by atoms with Crippen molar-refractivity contribution in [2.45, 2.75) is 44.9 Å². The molecule has 0 N–H and O–H groups in total. The van der Waals surface area contributed by atoms with E-state index < -0.39 is 11.6 Å². The topological polar surface area (TPSA) is 0 Å². The molecule has 0 heterocycles. The third-order valence-electron chi connectivity index (χ3n) is 4.72. The second kappa shape index (κ2) is 8.71. The van der Waals surface area contributed by atoms with Crippen molar-refractivity contribution >= 4 is 0 Å². The Morgan fingerprint density at radius 2 is 1.65 bits per heavy atom. The molecule has 1 aliphatic carbocycles. The van der Waals surface area contributed by atoms with E-state index in [-0.39, 0.29) is 20.4 Å². The van der Waals surface area contributed by atoms with Crippen LogP contribution in [0.3, 0.4) is 0 Å². The number of benzene rings is 2. The quantitative estimate of drug-likeness (QED) is 0.470. The van der Waals surface area contributed by atoms with Crippen LogP contribution in [-0.2, 0) is 26.8 Å². The van der Waals surface area contributed by atoms with Crippen molar-refractivity contribution in [1.29, 1.82) is 0 Å². The molecule has 23 heavy (non-hydrogen) atoms. The van der Waals surface area contributed by atoms with Crippen LogP contribution in [0.4, 0.5) is 8.78 Å². The maximum atomic E-state index is 13.8. The molecule has 0 amide bonds. The molecule has 123 valence electrons. The fourth-order valence-corrected chi connectivity index (χ4v) is 3.37. The predicted molar refractivity (Wildman–Crippen MR) is 85.5 cm³/mol. The first-order valence-electron chi connectivity index (χ1n) is 8.19. The van der Waals surface area contributed by atoms with Crippen molar-refractivity contribution in [3.05, 3.63) is 59.7 Å². The molecule has 0 saturated heterocycles. The largest absolute Gasteiger partial charge is 0.281 e. The molecular weight excluding hydrogens is 464 g/mol. The number of aryl methyl sites for hydroxylation is 1. The Morgan fingerprint density at radius 1 is 0.957 bits per heavy atom. The Hall–Kier alpha value is -1.04. The van der Waals surface area contributed by atoms with Gasteiger partial charge < -0.3 is 0 Å². The van der Waals surface area contributed by atoms with E-state index in [4.69, 9.17) is 0 Å². The molecule has 1 fully saturated rings. The van der Waals surface area contributed by atoms with Crippen LogP contribution in [0.2, 0.25) is 0 Å². The van der Waals surface area contributed by atoms with Gasteiger partial charge in [-0.2, -0.15) is 12.1 Å². The number of hydrogen-bond acceptors (Lipinski definition) is 0. The Labute approximate surface area is 151 Å². The Kier molecular flexibility index (Phi) is 6.93. The molecule has 0 aromatic heterocycles. The molecule has 1 aliphatic rings. The summed E-state index contributed by atoms with van der Waals surface area (Å²) in [5.74, 6) is -0.874. The summed E-state index contributed by atoms with van der Waals surface area (Å²) in [6.45, 7) is 0. The summed E-state index contributed by atoms with van der Waals surface area (Å²) in [5, 5.41) is 0. The van der Waals surface area contributed by atoms with Crippen molar-refractivity contribution in [1.82, 2.24) is 0 Å². The summed E-state index contributed by atoms with van der Waals surface area (Å²) in [5.41, 5.74) is 2.29. The summed E-state index contributed by atoms with van der Waals surface area (Å²) in [4.78, 5) is 0. The van der Waals surface area contributed by atoms with Gasteiger partial charge in [0.1, 0.15) is 0 Å². The van der Waals surface area contributed by atoms with E-state index >= 15 is 0 Å². The second-order valence-electron chi connectivity index (χ2n) is 6.26. The van der Waals surface area contributed by atoms with Crippen molar-refractivity contribution < 1.29 is 29.2 Å². The van der Waals surface area contributed by atoms with Crippen LogP contribution in [0.1, 0.15) is 44.1 Å². The van der Waals surface area contributed by atoms with Crippen molar-refractivity contribution in [3.63, 3.8) is 0 Å². The van der Waals surface area contributed by atoms with Gasteiger partial charge in [-0.1, -0.05) is 61.9 Å². The van der Waals surface area contributed by atoms with Crippen LogP contribution >= 0.6 is 0 Å². The van der Waals surface area contributed by atoms with Gasteiger partial charge in [0.05, 0.1) is 5.82 Å². The van der Waals surface area contributed by atoms with Gasteiger partial charge in [0.2, 0.25) is 0 Å². The zero-order valence-corrected chi connectivity index (χ0v) is 15.8. The molecule has 0 bridgehead atoms. The van der Waals surface area contributed by atoms with E-state index in [1.165, 1.54) is 50.2 Å². The molecular formula is C20H21F2Re-. The molecule has 1 radical (unpaired) electrons. The van der Waals surface area contributed by atoms with Gasteiger partial charge in [-0.15, -0.1) is 6.07 Å². The van der Waals surface area contributed by atoms with E-state index in [9.17, 15) is 8.78 Å². The maximum absolute atomic E-state index is 13.8. The minimum Gasteiger partial charge on any atom is -0.281 e. The number of hydrogen-bond donors (Lipinski definition) is 0. The van der Waals surface area contributed by atoms with Gasteiger partial charge in [0.25, 0.3) is 0 Å². The molecule has 0 spiro atoms. The van der Waals surface area contributed by atoms with Gasteiger partial charge in [0, 0.05) is 26.2 Å². The molecule has 0 aliphatic heterocycles. The van der Waals surface area contributed by atoms with Crippen molar-refractivity contribution in [2.24, 2.45) is 5.92 Å². The van der Waals surface area contributed by atoms with Crippen molar-refractivity contribution in [3.8, 4) is 11.1 Å². The van der Waals surface area contributed by atoms with Gasteiger partial charge in [-0.05, 0) is 29.9 Å². The van der Waals surface area contributed by atoms with E-state index in [2.05, 4.69) is 6.07 Å². The Morgan fingerprint density at radius 3 is 2.35 bits per heavy atom. The number of halogens is 2. The van der Waals surface area contributed by atoms with Crippen molar-refractivity contribution in [2.75, 3.05) is 0 Å². The zero-order valence-electron chi connectivity index (χ0n) is 13.1. The van der Waals surface area contributed by atoms with Crippen LogP contribution in [0.25, 0.3) is 11.1 Å². The zero-order chi connectivity index (χ0) is 15.4. The third-order valence-corrected chi connectivity index (χ3v) is 4.72. The first kappa shape index (κ1) is 18.3. The first-order chi connectivity index (χ1) is 10.7. The van der Waals surface area contributed by atoms with E-state index in [0.29, 0.717) is 11.1 Å². The molecule has 3 rings (SSSR count). The van der Waals surface area contributed by atoms with Crippen LogP contribution in [-0.4, -0.2) is 0 Å².